The number of sulfonamides is 1. The second kappa shape index (κ2) is 8.15. The van der Waals surface area contributed by atoms with Crippen LogP contribution in [0.2, 0.25) is 0 Å². The molecule has 9 heteroatoms. The SMILES string of the molecule is O=C(Nc1ccc(S(=O)(=O)N2CCOCC2)cc1)C(=O)NC1CCCC1. The third-order valence-electron chi connectivity index (χ3n) is 4.62. The number of carbonyl (C=O) groups is 2. The lowest BCUT2D eigenvalue weighted by atomic mass is 10.2. The number of anilines is 1. The highest BCUT2D eigenvalue weighted by atomic mass is 32.2. The molecule has 2 fully saturated rings. The Morgan fingerprint density at radius 3 is 2.23 bits per heavy atom. The lowest BCUT2D eigenvalue weighted by Crippen LogP contribution is -2.41. The summed E-state index contributed by atoms with van der Waals surface area (Å²) in [5.41, 5.74) is 0.373. The van der Waals surface area contributed by atoms with Crippen LogP contribution in [0.4, 0.5) is 5.69 Å². The van der Waals surface area contributed by atoms with E-state index in [0.29, 0.717) is 32.0 Å². The third-order valence-corrected chi connectivity index (χ3v) is 6.53. The predicted octanol–water partition coefficient (Wildman–Crippen LogP) is 0.705. The molecular weight excluding hydrogens is 358 g/mol. The maximum absolute atomic E-state index is 12.5. The summed E-state index contributed by atoms with van der Waals surface area (Å²) in [4.78, 5) is 24.0. The van der Waals surface area contributed by atoms with Gasteiger partial charge in [-0.05, 0) is 37.1 Å². The number of ether oxygens (including phenoxy) is 1. The first-order valence-corrected chi connectivity index (χ1v) is 10.2. The van der Waals surface area contributed by atoms with E-state index in [-0.39, 0.29) is 10.9 Å². The zero-order valence-electron chi connectivity index (χ0n) is 14.4. The van der Waals surface area contributed by atoms with Crippen molar-refractivity contribution in [2.45, 2.75) is 36.6 Å². The highest BCUT2D eigenvalue weighted by molar-refractivity contribution is 7.89. The zero-order valence-corrected chi connectivity index (χ0v) is 15.3. The molecule has 0 spiro atoms. The van der Waals surface area contributed by atoms with Crippen LogP contribution in [0.5, 0.6) is 0 Å². The molecule has 0 radical (unpaired) electrons. The van der Waals surface area contributed by atoms with Crippen LogP contribution < -0.4 is 10.6 Å². The first-order chi connectivity index (χ1) is 12.5. The van der Waals surface area contributed by atoms with Gasteiger partial charge in [0.25, 0.3) is 0 Å². The average molecular weight is 381 g/mol. The van der Waals surface area contributed by atoms with E-state index < -0.39 is 21.8 Å². The van der Waals surface area contributed by atoms with Crippen molar-refractivity contribution in [1.82, 2.24) is 9.62 Å². The van der Waals surface area contributed by atoms with Crippen LogP contribution in [0, 0.1) is 0 Å². The molecule has 1 saturated heterocycles. The van der Waals surface area contributed by atoms with Gasteiger partial charge in [-0.3, -0.25) is 9.59 Å². The van der Waals surface area contributed by atoms with Crippen LogP contribution in [0.25, 0.3) is 0 Å². The fourth-order valence-corrected chi connectivity index (χ4v) is 4.56. The molecule has 3 rings (SSSR count). The summed E-state index contributed by atoms with van der Waals surface area (Å²) in [6.45, 7) is 1.40. The molecule has 0 atom stereocenters. The smallest absolute Gasteiger partial charge is 0.313 e. The topological polar surface area (TPSA) is 105 Å². The number of carbonyl (C=O) groups excluding carboxylic acids is 2. The number of benzene rings is 1. The van der Waals surface area contributed by atoms with E-state index in [2.05, 4.69) is 10.6 Å². The van der Waals surface area contributed by atoms with Crippen molar-refractivity contribution in [3.05, 3.63) is 24.3 Å². The third kappa shape index (κ3) is 4.40. The van der Waals surface area contributed by atoms with Crippen LogP contribution in [-0.2, 0) is 24.3 Å². The van der Waals surface area contributed by atoms with Gasteiger partial charge in [0.2, 0.25) is 10.0 Å². The number of amides is 2. The van der Waals surface area contributed by atoms with E-state index in [0.717, 1.165) is 25.7 Å². The first-order valence-electron chi connectivity index (χ1n) is 8.76. The highest BCUT2D eigenvalue weighted by Crippen LogP contribution is 2.20. The van der Waals surface area contributed by atoms with Crippen molar-refractivity contribution in [3.8, 4) is 0 Å². The number of nitrogens with one attached hydrogen (secondary N) is 2. The Kier molecular flexibility index (Phi) is 5.90. The molecule has 26 heavy (non-hydrogen) atoms. The molecule has 142 valence electrons. The van der Waals surface area contributed by atoms with E-state index in [9.17, 15) is 18.0 Å². The van der Waals surface area contributed by atoms with E-state index >= 15 is 0 Å². The Morgan fingerprint density at radius 2 is 1.62 bits per heavy atom. The van der Waals surface area contributed by atoms with Gasteiger partial charge < -0.3 is 15.4 Å². The molecule has 8 nitrogen and oxygen atoms in total. The van der Waals surface area contributed by atoms with Crippen molar-refractivity contribution in [2.24, 2.45) is 0 Å². The predicted molar refractivity (Wildman–Crippen MR) is 95.0 cm³/mol. The normalized spacial score (nSPS) is 19.2. The minimum atomic E-state index is -3.58. The molecule has 1 aromatic rings. The fraction of sp³-hybridized carbons (Fsp3) is 0.529. The van der Waals surface area contributed by atoms with Crippen LogP contribution in [0.3, 0.4) is 0 Å². The van der Waals surface area contributed by atoms with Crippen LogP contribution in [0.15, 0.2) is 29.2 Å². The standard InChI is InChI=1S/C17H23N3O5S/c21-16(18-13-3-1-2-4-13)17(22)19-14-5-7-15(8-6-14)26(23,24)20-9-11-25-12-10-20/h5-8,13H,1-4,9-12H2,(H,18,21)(H,19,22). The lowest BCUT2D eigenvalue weighted by Gasteiger charge is -2.26. The molecule has 1 aliphatic carbocycles. The minimum absolute atomic E-state index is 0.0642. The van der Waals surface area contributed by atoms with Gasteiger partial charge in [0.05, 0.1) is 18.1 Å². The summed E-state index contributed by atoms with van der Waals surface area (Å²) < 4.78 is 31.6. The maximum atomic E-state index is 12.5. The molecule has 1 saturated carbocycles. The first kappa shape index (κ1) is 18.8. The van der Waals surface area contributed by atoms with Crippen molar-refractivity contribution < 1.29 is 22.7 Å². The molecule has 1 heterocycles. The summed E-state index contributed by atoms with van der Waals surface area (Å²) in [5.74, 6) is -1.41. The Hall–Kier alpha value is -1.97. The Bertz CT molecular complexity index is 751. The number of hydrogen-bond donors (Lipinski definition) is 2. The number of morpholine rings is 1. The molecular formula is C17H23N3O5S. The fourth-order valence-electron chi connectivity index (χ4n) is 3.16. The van der Waals surface area contributed by atoms with Crippen molar-refractivity contribution in [2.75, 3.05) is 31.6 Å². The largest absolute Gasteiger partial charge is 0.379 e. The second-order valence-electron chi connectivity index (χ2n) is 6.45. The quantitative estimate of drug-likeness (QED) is 0.747. The Morgan fingerprint density at radius 1 is 1.00 bits per heavy atom. The Balaban J connectivity index is 1.60. The molecule has 0 unspecified atom stereocenters. The molecule has 1 aliphatic heterocycles. The zero-order chi connectivity index (χ0) is 18.6. The summed E-state index contributed by atoms with van der Waals surface area (Å²) in [6, 6.07) is 5.88. The summed E-state index contributed by atoms with van der Waals surface area (Å²) >= 11 is 0. The number of nitrogens with zero attached hydrogens (tertiary/aromatic N) is 1. The maximum Gasteiger partial charge on any atom is 0.313 e. The van der Waals surface area contributed by atoms with Gasteiger partial charge in [-0.25, -0.2) is 8.42 Å². The van der Waals surface area contributed by atoms with Gasteiger partial charge in [-0.1, -0.05) is 12.8 Å². The van der Waals surface area contributed by atoms with Gasteiger partial charge in [-0.2, -0.15) is 4.31 Å². The van der Waals surface area contributed by atoms with E-state index in [4.69, 9.17) is 4.74 Å². The highest BCUT2D eigenvalue weighted by Gasteiger charge is 2.26. The van der Waals surface area contributed by atoms with Crippen molar-refractivity contribution in [3.63, 3.8) is 0 Å². The van der Waals surface area contributed by atoms with Crippen LogP contribution >= 0.6 is 0 Å². The monoisotopic (exact) mass is 381 g/mol. The van der Waals surface area contributed by atoms with Crippen molar-refractivity contribution >= 4 is 27.5 Å². The summed E-state index contributed by atoms with van der Waals surface area (Å²) in [6.07, 6.45) is 3.91. The van der Waals surface area contributed by atoms with Gasteiger partial charge in [0.1, 0.15) is 0 Å². The number of hydrogen-bond acceptors (Lipinski definition) is 5. The minimum Gasteiger partial charge on any atom is -0.379 e. The second-order valence-corrected chi connectivity index (χ2v) is 8.39. The van der Waals surface area contributed by atoms with Crippen LogP contribution in [0.1, 0.15) is 25.7 Å². The van der Waals surface area contributed by atoms with Gasteiger partial charge in [0, 0.05) is 24.8 Å². The van der Waals surface area contributed by atoms with Gasteiger partial charge in [0.15, 0.2) is 0 Å². The van der Waals surface area contributed by atoms with E-state index in [1.807, 2.05) is 0 Å². The number of rotatable bonds is 4. The van der Waals surface area contributed by atoms with Gasteiger partial charge in [-0.15, -0.1) is 0 Å². The molecule has 2 N–H and O–H groups in total. The van der Waals surface area contributed by atoms with Gasteiger partial charge >= 0.3 is 11.8 Å². The van der Waals surface area contributed by atoms with Crippen molar-refractivity contribution in [1.29, 1.82) is 0 Å². The lowest BCUT2D eigenvalue weighted by molar-refractivity contribution is -0.136. The molecule has 0 aromatic heterocycles. The summed E-state index contributed by atoms with van der Waals surface area (Å²) in [7, 11) is -3.58. The van der Waals surface area contributed by atoms with Crippen LogP contribution in [-0.4, -0.2) is 56.9 Å². The average Bonchev–Trinajstić information content (AvgIpc) is 3.16. The molecule has 1 aromatic carbocycles. The van der Waals surface area contributed by atoms with E-state index in [1.165, 1.54) is 28.6 Å². The summed E-state index contributed by atoms with van der Waals surface area (Å²) in [5, 5.41) is 5.21. The molecule has 0 bridgehead atoms. The van der Waals surface area contributed by atoms with E-state index in [1.54, 1.807) is 0 Å². The molecule has 2 aliphatic rings. The Labute approximate surface area is 152 Å². The molecule has 2 amide bonds.